The number of likely N-dealkylation sites (tertiary alicyclic amines) is 1. The van der Waals surface area contributed by atoms with Gasteiger partial charge in [0.15, 0.2) is 0 Å². The van der Waals surface area contributed by atoms with E-state index in [0.717, 1.165) is 11.1 Å². The number of ether oxygens (including phenoxy) is 3. The maximum atomic E-state index is 12.7. The molecule has 1 heterocycles. The molecule has 1 amide bonds. The Kier molecular flexibility index (Phi) is 9.44. The number of nitrogen functional groups attached to an aromatic ring is 1. The van der Waals surface area contributed by atoms with Crippen LogP contribution in [0.5, 0.6) is 5.75 Å². The number of nitrogens with two attached hydrogens (primary N) is 1. The van der Waals surface area contributed by atoms with Crippen molar-refractivity contribution >= 4 is 36.1 Å². The molecule has 1 saturated heterocycles. The number of hydrogen-bond acceptors (Lipinski definition) is 7. The van der Waals surface area contributed by atoms with Gasteiger partial charge < -0.3 is 24.8 Å². The standard InChI is InChI=1S/C24H27N3O6.ClH/c1-31-21(28)12-18-11-19(27(24(18)30)13-22(29)32-2)14-33-20-9-7-16(8-10-20)15-3-5-17(6-4-15)23(25)26;/h3-10,18-19H,11-14H2,1-2H3,(H3,25,26);1H/t18-,19-;/m0./s1. The predicted octanol–water partition coefficient (Wildman–Crippen LogP) is 2.39. The first kappa shape index (κ1) is 26.7. The van der Waals surface area contributed by atoms with Gasteiger partial charge in [-0.15, -0.1) is 12.4 Å². The highest BCUT2D eigenvalue weighted by molar-refractivity contribution is 5.95. The molecule has 10 heteroatoms. The van der Waals surface area contributed by atoms with E-state index in [1.165, 1.54) is 19.1 Å². The van der Waals surface area contributed by atoms with Crippen LogP contribution in [0.3, 0.4) is 0 Å². The number of rotatable bonds is 9. The molecule has 0 bridgehead atoms. The van der Waals surface area contributed by atoms with Crippen molar-refractivity contribution in [1.29, 1.82) is 5.41 Å². The molecular weight excluding hydrogens is 462 g/mol. The fourth-order valence-electron chi connectivity index (χ4n) is 3.77. The minimum atomic E-state index is -0.559. The average Bonchev–Trinajstić information content (AvgIpc) is 3.11. The Balaban J connectivity index is 0.00000408. The molecular formula is C24H28ClN3O6. The van der Waals surface area contributed by atoms with Gasteiger partial charge in [-0.2, -0.15) is 0 Å². The topological polar surface area (TPSA) is 132 Å². The minimum Gasteiger partial charge on any atom is -0.491 e. The SMILES string of the molecule is COC(=O)C[C@@H]1C[C@@H](COc2ccc(-c3ccc(C(=N)N)cc3)cc2)N(CC(=O)OC)C1=O.Cl. The van der Waals surface area contributed by atoms with Crippen LogP contribution in [0.15, 0.2) is 48.5 Å². The highest BCUT2D eigenvalue weighted by atomic mass is 35.5. The van der Waals surface area contributed by atoms with Gasteiger partial charge in [-0.1, -0.05) is 36.4 Å². The van der Waals surface area contributed by atoms with Gasteiger partial charge in [-0.05, 0) is 29.7 Å². The van der Waals surface area contributed by atoms with Crippen molar-refractivity contribution in [3.05, 3.63) is 54.1 Å². The number of nitrogens with one attached hydrogen (secondary N) is 1. The van der Waals surface area contributed by atoms with E-state index in [-0.39, 0.29) is 49.8 Å². The molecule has 1 aliphatic heterocycles. The Morgan fingerprint density at radius 3 is 2.09 bits per heavy atom. The van der Waals surface area contributed by atoms with E-state index < -0.39 is 17.9 Å². The van der Waals surface area contributed by atoms with Crippen molar-refractivity contribution in [3.63, 3.8) is 0 Å². The number of esters is 2. The van der Waals surface area contributed by atoms with Gasteiger partial charge in [0.1, 0.15) is 24.7 Å². The first-order valence-electron chi connectivity index (χ1n) is 10.4. The van der Waals surface area contributed by atoms with E-state index in [9.17, 15) is 14.4 Å². The minimum absolute atomic E-state index is 0. The maximum absolute atomic E-state index is 12.7. The number of nitrogens with zero attached hydrogens (tertiary/aromatic N) is 1. The normalized spacial score (nSPS) is 17.0. The number of amides is 1. The van der Waals surface area contributed by atoms with E-state index in [4.69, 9.17) is 20.6 Å². The quantitative estimate of drug-likeness (QED) is 0.314. The summed E-state index contributed by atoms with van der Waals surface area (Å²) in [6.07, 6.45) is 0.339. The van der Waals surface area contributed by atoms with Crippen LogP contribution in [0.2, 0.25) is 0 Å². The summed E-state index contributed by atoms with van der Waals surface area (Å²) >= 11 is 0. The number of carbonyl (C=O) groups excluding carboxylic acids is 3. The largest absolute Gasteiger partial charge is 0.491 e. The Morgan fingerprint density at radius 1 is 1.00 bits per heavy atom. The number of halogens is 1. The van der Waals surface area contributed by atoms with Crippen LogP contribution in [0.4, 0.5) is 0 Å². The van der Waals surface area contributed by atoms with Gasteiger partial charge >= 0.3 is 11.9 Å². The molecule has 0 aliphatic carbocycles. The summed E-state index contributed by atoms with van der Waals surface area (Å²) in [6, 6.07) is 14.5. The molecule has 0 saturated carbocycles. The van der Waals surface area contributed by atoms with Crippen molar-refractivity contribution in [2.75, 3.05) is 27.4 Å². The fourth-order valence-corrected chi connectivity index (χ4v) is 3.77. The highest BCUT2D eigenvalue weighted by Crippen LogP contribution is 2.29. The third kappa shape index (κ3) is 6.48. The first-order chi connectivity index (χ1) is 15.8. The molecule has 1 fully saturated rings. The van der Waals surface area contributed by atoms with E-state index >= 15 is 0 Å². The molecule has 0 unspecified atom stereocenters. The van der Waals surface area contributed by atoms with Gasteiger partial charge in [0, 0.05) is 5.56 Å². The monoisotopic (exact) mass is 489 g/mol. The number of methoxy groups -OCH3 is 2. The molecule has 2 aromatic rings. The Morgan fingerprint density at radius 2 is 1.56 bits per heavy atom. The second-order valence-corrected chi connectivity index (χ2v) is 7.74. The van der Waals surface area contributed by atoms with Crippen molar-refractivity contribution < 1.29 is 28.6 Å². The molecule has 9 nitrogen and oxygen atoms in total. The number of benzene rings is 2. The van der Waals surface area contributed by atoms with Crippen LogP contribution < -0.4 is 10.5 Å². The lowest BCUT2D eigenvalue weighted by molar-refractivity contribution is -0.148. The molecule has 34 heavy (non-hydrogen) atoms. The molecule has 1 aliphatic rings. The van der Waals surface area contributed by atoms with E-state index in [2.05, 4.69) is 4.74 Å². The molecule has 182 valence electrons. The second kappa shape index (κ2) is 12.0. The van der Waals surface area contributed by atoms with Crippen molar-refractivity contribution in [3.8, 4) is 16.9 Å². The van der Waals surface area contributed by atoms with Crippen molar-refractivity contribution in [1.82, 2.24) is 4.90 Å². The second-order valence-electron chi connectivity index (χ2n) is 7.74. The summed E-state index contributed by atoms with van der Waals surface area (Å²) in [5.41, 5.74) is 8.10. The number of carbonyl (C=O) groups is 3. The van der Waals surface area contributed by atoms with Gasteiger partial charge in [0.2, 0.25) is 5.91 Å². The molecule has 0 spiro atoms. The fraction of sp³-hybridized carbons (Fsp3) is 0.333. The summed E-state index contributed by atoms with van der Waals surface area (Å²) in [5.74, 6) is -1.22. The van der Waals surface area contributed by atoms with Crippen LogP contribution in [0, 0.1) is 11.3 Å². The van der Waals surface area contributed by atoms with Crippen molar-refractivity contribution in [2.45, 2.75) is 18.9 Å². The smallest absolute Gasteiger partial charge is 0.325 e. The first-order valence-corrected chi connectivity index (χ1v) is 10.4. The van der Waals surface area contributed by atoms with Crippen LogP contribution >= 0.6 is 12.4 Å². The molecule has 2 atom stereocenters. The Hall–Kier alpha value is -3.59. The zero-order chi connectivity index (χ0) is 24.0. The summed E-state index contributed by atoms with van der Waals surface area (Å²) in [5, 5.41) is 7.47. The lowest BCUT2D eigenvalue weighted by atomic mass is 10.0. The van der Waals surface area contributed by atoms with Crippen LogP contribution in [-0.4, -0.2) is 62.0 Å². The van der Waals surface area contributed by atoms with Crippen LogP contribution in [0.1, 0.15) is 18.4 Å². The van der Waals surface area contributed by atoms with Gasteiger partial charge in [-0.25, -0.2) is 0 Å². The van der Waals surface area contributed by atoms with E-state index in [1.807, 2.05) is 36.4 Å². The van der Waals surface area contributed by atoms with E-state index in [0.29, 0.717) is 17.7 Å². The van der Waals surface area contributed by atoms with Gasteiger partial charge in [0.05, 0.1) is 32.6 Å². The van der Waals surface area contributed by atoms with Crippen LogP contribution in [0.25, 0.3) is 11.1 Å². The zero-order valence-electron chi connectivity index (χ0n) is 19.0. The number of hydrogen-bond donors (Lipinski definition) is 2. The summed E-state index contributed by atoms with van der Waals surface area (Å²) < 4.78 is 15.3. The Bertz CT molecular complexity index is 1030. The average molecular weight is 490 g/mol. The zero-order valence-corrected chi connectivity index (χ0v) is 19.8. The molecule has 0 radical (unpaired) electrons. The van der Waals surface area contributed by atoms with E-state index in [1.54, 1.807) is 12.1 Å². The summed E-state index contributed by atoms with van der Waals surface area (Å²) in [6.45, 7) is -0.0245. The molecule has 0 aromatic heterocycles. The third-order valence-corrected chi connectivity index (χ3v) is 5.62. The summed E-state index contributed by atoms with van der Waals surface area (Å²) in [7, 11) is 2.53. The highest BCUT2D eigenvalue weighted by Gasteiger charge is 2.41. The number of amidine groups is 1. The molecule has 2 aromatic carbocycles. The molecule has 3 rings (SSSR count). The summed E-state index contributed by atoms with van der Waals surface area (Å²) in [4.78, 5) is 37.6. The van der Waals surface area contributed by atoms with Crippen molar-refractivity contribution in [2.24, 2.45) is 11.7 Å². The Labute approximate surface area is 204 Å². The lowest BCUT2D eigenvalue weighted by Crippen LogP contribution is -2.41. The van der Waals surface area contributed by atoms with Gasteiger partial charge in [0.25, 0.3) is 0 Å². The molecule has 3 N–H and O–H groups in total. The van der Waals surface area contributed by atoms with Crippen LogP contribution in [-0.2, 0) is 23.9 Å². The predicted molar refractivity (Wildman–Crippen MR) is 128 cm³/mol. The third-order valence-electron chi connectivity index (χ3n) is 5.62. The maximum Gasteiger partial charge on any atom is 0.325 e. The van der Waals surface area contributed by atoms with Gasteiger partial charge in [-0.3, -0.25) is 19.8 Å². The lowest BCUT2D eigenvalue weighted by Gasteiger charge is -2.23.